The fraction of sp³-hybridized carbons (Fsp3) is 0.259. The molecule has 0 aromatic heterocycles. The molecule has 4 atom stereocenters. The molecule has 37 heavy (non-hydrogen) atoms. The third-order valence-electron chi connectivity index (χ3n) is 5.68. The van der Waals surface area contributed by atoms with E-state index in [2.05, 4.69) is 0 Å². The van der Waals surface area contributed by atoms with Crippen LogP contribution in [0.5, 0.6) is 0 Å². The van der Waals surface area contributed by atoms with Crippen LogP contribution in [-0.2, 0) is 33.2 Å². The average molecular weight is 527 g/mol. The van der Waals surface area contributed by atoms with Crippen molar-refractivity contribution in [1.29, 1.82) is 0 Å². The first-order valence-corrected chi connectivity index (χ1v) is 12.9. The van der Waals surface area contributed by atoms with E-state index < -0.39 is 46.7 Å². The number of ether oxygens (including phenoxy) is 4. The topological polar surface area (TPSA) is 114 Å². The SMILES string of the molecule is CO[C@H]1OC[C@H](OS(=O)(=O)c2ccc(C)cc2)[C@H](OC(=O)c2ccccc2)[C@H]1OC(=O)c1ccccc1. The summed E-state index contributed by atoms with van der Waals surface area (Å²) in [7, 11) is -2.96. The molecule has 0 saturated carbocycles. The van der Waals surface area contributed by atoms with Crippen LogP contribution >= 0.6 is 0 Å². The van der Waals surface area contributed by atoms with E-state index in [1.165, 1.54) is 19.2 Å². The van der Waals surface area contributed by atoms with Crippen molar-refractivity contribution in [3.8, 4) is 0 Å². The predicted octanol–water partition coefficient (Wildman–Crippen LogP) is 3.52. The number of benzene rings is 3. The Balaban J connectivity index is 1.66. The lowest BCUT2D eigenvalue weighted by Crippen LogP contribution is -2.58. The molecule has 4 rings (SSSR count). The molecule has 10 heteroatoms. The van der Waals surface area contributed by atoms with Crippen molar-refractivity contribution in [2.45, 2.75) is 36.4 Å². The largest absolute Gasteiger partial charge is 0.452 e. The summed E-state index contributed by atoms with van der Waals surface area (Å²) < 4.78 is 53.9. The maximum absolute atomic E-state index is 13.1. The van der Waals surface area contributed by atoms with Crippen molar-refractivity contribution in [3.05, 3.63) is 102 Å². The van der Waals surface area contributed by atoms with Crippen LogP contribution in [0.1, 0.15) is 26.3 Å². The second kappa shape index (κ2) is 11.7. The molecule has 3 aromatic carbocycles. The highest BCUT2D eigenvalue weighted by Crippen LogP contribution is 2.28. The first kappa shape index (κ1) is 26.5. The Morgan fingerprint density at radius 1 is 0.784 bits per heavy atom. The summed E-state index contributed by atoms with van der Waals surface area (Å²) in [5, 5.41) is 0. The van der Waals surface area contributed by atoms with Gasteiger partial charge in [-0.3, -0.25) is 4.18 Å². The summed E-state index contributed by atoms with van der Waals surface area (Å²) in [4.78, 5) is 25.8. The number of carbonyl (C=O) groups is 2. The first-order valence-electron chi connectivity index (χ1n) is 11.4. The molecular weight excluding hydrogens is 500 g/mol. The lowest BCUT2D eigenvalue weighted by Gasteiger charge is -2.39. The van der Waals surface area contributed by atoms with Gasteiger partial charge < -0.3 is 18.9 Å². The highest BCUT2D eigenvalue weighted by Gasteiger charge is 2.48. The smallest absolute Gasteiger partial charge is 0.338 e. The molecule has 1 fully saturated rings. The zero-order chi connectivity index (χ0) is 26.4. The van der Waals surface area contributed by atoms with E-state index in [1.807, 2.05) is 6.92 Å². The molecule has 1 heterocycles. The highest BCUT2D eigenvalue weighted by molar-refractivity contribution is 7.86. The summed E-state index contributed by atoms with van der Waals surface area (Å²) in [5.41, 5.74) is 1.32. The molecule has 1 aliphatic rings. The summed E-state index contributed by atoms with van der Waals surface area (Å²) in [6.07, 6.45) is -5.20. The van der Waals surface area contributed by atoms with Gasteiger partial charge in [0, 0.05) is 7.11 Å². The van der Waals surface area contributed by atoms with Crippen molar-refractivity contribution in [1.82, 2.24) is 0 Å². The standard InChI is InChI=1S/C27H26O9S/c1-18-13-15-21(16-14-18)37(30,31)36-22-17-33-27(32-2)24(35-26(29)20-11-7-4-8-12-20)23(22)34-25(28)19-9-5-3-6-10-19/h3-16,22-24,27H,17H2,1-2H3/t22-,23-,24+,27-/m0/s1. The minimum atomic E-state index is -4.29. The van der Waals surface area contributed by atoms with Gasteiger partial charge in [-0.1, -0.05) is 54.1 Å². The minimum Gasteiger partial charge on any atom is -0.452 e. The van der Waals surface area contributed by atoms with Gasteiger partial charge in [0.15, 0.2) is 18.5 Å². The molecule has 0 amide bonds. The van der Waals surface area contributed by atoms with Gasteiger partial charge in [-0.2, -0.15) is 8.42 Å². The minimum absolute atomic E-state index is 0.0852. The molecule has 0 unspecified atom stereocenters. The fourth-order valence-electron chi connectivity index (χ4n) is 3.75. The number of methoxy groups -OCH3 is 1. The number of hydrogen-bond donors (Lipinski definition) is 0. The van der Waals surface area contributed by atoms with Crippen LogP contribution in [0, 0.1) is 6.92 Å². The van der Waals surface area contributed by atoms with Gasteiger partial charge in [-0.05, 0) is 43.3 Å². The second-order valence-electron chi connectivity index (χ2n) is 8.31. The Morgan fingerprint density at radius 2 is 1.30 bits per heavy atom. The third kappa shape index (κ3) is 6.41. The lowest BCUT2D eigenvalue weighted by molar-refractivity contribution is -0.256. The molecule has 194 valence electrons. The zero-order valence-electron chi connectivity index (χ0n) is 20.2. The molecular formula is C27H26O9S. The Kier molecular flexibility index (Phi) is 8.34. The van der Waals surface area contributed by atoms with E-state index in [0.29, 0.717) is 0 Å². The molecule has 0 N–H and O–H groups in total. The summed E-state index contributed by atoms with van der Waals surface area (Å²) in [6, 6.07) is 22.4. The van der Waals surface area contributed by atoms with Gasteiger partial charge in [0.1, 0.15) is 6.10 Å². The number of rotatable bonds is 8. The molecule has 0 aliphatic carbocycles. The summed E-state index contributed by atoms with van der Waals surface area (Å²) in [5.74, 6) is -1.50. The molecule has 0 radical (unpaired) electrons. The van der Waals surface area contributed by atoms with Gasteiger partial charge in [0.05, 0.1) is 22.6 Å². The fourth-order valence-corrected chi connectivity index (χ4v) is 4.82. The van der Waals surface area contributed by atoms with E-state index in [4.69, 9.17) is 23.1 Å². The first-order chi connectivity index (χ1) is 17.8. The Hall–Kier alpha value is -3.57. The normalized spacial score (nSPS) is 21.7. The molecule has 3 aromatic rings. The van der Waals surface area contributed by atoms with E-state index in [-0.39, 0.29) is 22.6 Å². The Bertz CT molecular complexity index is 1310. The quantitative estimate of drug-likeness (QED) is 0.321. The third-order valence-corrected chi connectivity index (χ3v) is 7.03. The van der Waals surface area contributed by atoms with Crippen molar-refractivity contribution < 1.29 is 41.1 Å². The monoisotopic (exact) mass is 526 g/mol. The van der Waals surface area contributed by atoms with Gasteiger partial charge >= 0.3 is 11.9 Å². The van der Waals surface area contributed by atoms with Crippen LogP contribution in [0.15, 0.2) is 89.8 Å². The summed E-state index contributed by atoms with van der Waals surface area (Å²) >= 11 is 0. The molecule has 1 saturated heterocycles. The van der Waals surface area contributed by atoms with Crippen molar-refractivity contribution >= 4 is 22.1 Å². The van der Waals surface area contributed by atoms with E-state index in [0.717, 1.165) is 5.56 Å². The highest BCUT2D eigenvalue weighted by atomic mass is 32.2. The van der Waals surface area contributed by atoms with E-state index in [9.17, 15) is 18.0 Å². The van der Waals surface area contributed by atoms with Gasteiger partial charge in [-0.15, -0.1) is 0 Å². The molecule has 9 nitrogen and oxygen atoms in total. The summed E-state index contributed by atoms with van der Waals surface area (Å²) in [6.45, 7) is 1.51. The maximum Gasteiger partial charge on any atom is 0.338 e. The van der Waals surface area contributed by atoms with Gasteiger partial charge in [0.2, 0.25) is 0 Å². The lowest BCUT2D eigenvalue weighted by atomic mass is 10.0. The van der Waals surface area contributed by atoms with Crippen LogP contribution in [-0.4, -0.2) is 58.7 Å². The van der Waals surface area contributed by atoms with Gasteiger partial charge in [0.25, 0.3) is 10.1 Å². The zero-order valence-corrected chi connectivity index (χ0v) is 21.0. The van der Waals surface area contributed by atoms with E-state index >= 15 is 0 Å². The van der Waals surface area contributed by atoms with Crippen LogP contribution in [0.4, 0.5) is 0 Å². The molecule has 0 bridgehead atoms. The average Bonchev–Trinajstić information content (AvgIpc) is 2.91. The molecule has 1 aliphatic heterocycles. The van der Waals surface area contributed by atoms with Crippen LogP contribution in [0.3, 0.4) is 0 Å². The number of esters is 2. The van der Waals surface area contributed by atoms with Crippen LogP contribution in [0.25, 0.3) is 0 Å². The Morgan fingerprint density at radius 3 is 1.81 bits per heavy atom. The number of hydrogen-bond acceptors (Lipinski definition) is 9. The second-order valence-corrected chi connectivity index (χ2v) is 9.88. The van der Waals surface area contributed by atoms with Crippen LogP contribution in [0.2, 0.25) is 0 Å². The van der Waals surface area contributed by atoms with Crippen molar-refractivity contribution in [3.63, 3.8) is 0 Å². The van der Waals surface area contributed by atoms with Gasteiger partial charge in [-0.25, -0.2) is 9.59 Å². The predicted molar refractivity (Wildman–Crippen MR) is 131 cm³/mol. The van der Waals surface area contributed by atoms with Crippen molar-refractivity contribution in [2.24, 2.45) is 0 Å². The van der Waals surface area contributed by atoms with Crippen LogP contribution < -0.4 is 0 Å². The molecule has 0 spiro atoms. The number of aryl methyl sites for hydroxylation is 1. The van der Waals surface area contributed by atoms with E-state index in [1.54, 1.807) is 72.8 Å². The number of carbonyl (C=O) groups excluding carboxylic acids is 2. The maximum atomic E-state index is 13.1. The van der Waals surface area contributed by atoms with Crippen molar-refractivity contribution in [2.75, 3.05) is 13.7 Å². The Labute approximate surface area is 215 Å².